The second-order valence-corrected chi connectivity index (χ2v) is 3.85. The summed E-state index contributed by atoms with van der Waals surface area (Å²) in [5.41, 5.74) is 5.44. The average molecular weight is 261 g/mol. The fourth-order valence-corrected chi connectivity index (χ4v) is 1.70. The molecule has 0 spiro atoms. The van der Waals surface area contributed by atoms with Crippen molar-refractivity contribution in [2.75, 3.05) is 19.6 Å². The van der Waals surface area contributed by atoms with E-state index in [9.17, 15) is 18.0 Å². The van der Waals surface area contributed by atoms with Gasteiger partial charge in [0, 0.05) is 13.1 Å². The van der Waals surface area contributed by atoms with Gasteiger partial charge < -0.3 is 10.6 Å². The maximum atomic E-state index is 11.9. The van der Waals surface area contributed by atoms with E-state index in [0.29, 0.717) is 38.4 Å². The zero-order valence-electron chi connectivity index (χ0n) is 8.79. The highest BCUT2D eigenvalue weighted by atomic mass is 35.5. The van der Waals surface area contributed by atoms with Gasteiger partial charge in [0.15, 0.2) is 0 Å². The highest BCUT2D eigenvalue weighted by Gasteiger charge is 2.34. The van der Waals surface area contributed by atoms with Gasteiger partial charge in [0.25, 0.3) is 0 Å². The first-order chi connectivity index (χ1) is 6.92. The first kappa shape index (κ1) is 15.5. The molecule has 0 saturated carbocycles. The summed E-state index contributed by atoms with van der Waals surface area (Å²) in [6, 6.07) is 0. The van der Waals surface area contributed by atoms with Crippen LogP contribution in [0.5, 0.6) is 0 Å². The molecule has 0 atom stereocenters. The SMILES string of the molecule is Cl.NCC1CCN(C(=O)CC(F)(F)F)CC1. The summed E-state index contributed by atoms with van der Waals surface area (Å²) in [7, 11) is 0. The zero-order chi connectivity index (χ0) is 11.5. The number of carbonyl (C=O) groups excluding carboxylic acids is 1. The van der Waals surface area contributed by atoms with E-state index in [1.165, 1.54) is 4.90 Å². The summed E-state index contributed by atoms with van der Waals surface area (Å²) >= 11 is 0. The van der Waals surface area contributed by atoms with E-state index in [-0.39, 0.29) is 12.4 Å². The molecule has 16 heavy (non-hydrogen) atoms. The number of nitrogens with two attached hydrogens (primary N) is 1. The van der Waals surface area contributed by atoms with Gasteiger partial charge in [-0.05, 0) is 25.3 Å². The molecule has 0 aliphatic carbocycles. The Kier molecular flexibility index (Phi) is 6.10. The minimum Gasteiger partial charge on any atom is -0.342 e. The lowest BCUT2D eigenvalue weighted by Gasteiger charge is -2.31. The summed E-state index contributed by atoms with van der Waals surface area (Å²) in [5.74, 6) is -0.474. The number of nitrogens with zero attached hydrogens (tertiary/aromatic N) is 1. The van der Waals surface area contributed by atoms with E-state index in [1.54, 1.807) is 0 Å². The summed E-state index contributed by atoms with van der Waals surface area (Å²) in [6.45, 7) is 1.34. The van der Waals surface area contributed by atoms with Gasteiger partial charge in [-0.3, -0.25) is 4.79 Å². The van der Waals surface area contributed by atoms with E-state index in [4.69, 9.17) is 5.73 Å². The van der Waals surface area contributed by atoms with Crippen molar-refractivity contribution in [3.05, 3.63) is 0 Å². The van der Waals surface area contributed by atoms with Crippen molar-refractivity contribution in [1.82, 2.24) is 4.90 Å². The monoisotopic (exact) mass is 260 g/mol. The number of alkyl halides is 3. The molecule has 1 saturated heterocycles. The highest BCUT2D eigenvalue weighted by molar-refractivity contribution is 5.85. The van der Waals surface area contributed by atoms with E-state index in [1.807, 2.05) is 0 Å². The first-order valence-corrected chi connectivity index (χ1v) is 4.97. The normalized spacial score (nSPS) is 18.1. The molecule has 0 aromatic carbocycles. The van der Waals surface area contributed by atoms with Gasteiger partial charge in [-0.1, -0.05) is 0 Å². The lowest BCUT2D eigenvalue weighted by Crippen LogP contribution is -2.41. The molecule has 0 aromatic heterocycles. The molecule has 0 radical (unpaired) electrons. The molecule has 1 fully saturated rings. The fraction of sp³-hybridized carbons (Fsp3) is 0.889. The zero-order valence-corrected chi connectivity index (χ0v) is 9.61. The molecule has 1 rings (SSSR count). The molecule has 1 amide bonds. The van der Waals surface area contributed by atoms with E-state index >= 15 is 0 Å². The Bertz CT molecular complexity index is 227. The summed E-state index contributed by atoms with van der Waals surface area (Å²) in [4.78, 5) is 12.5. The van der Waals surface area contributed by atoms with Gasteiger partial charge in [0.1, 0.15) is 6.42 Å². The lowest BCUT2D eigenvalue weighted by atomic mass is 9.97. The second-order valence-electron chi connectivity index (χ2n) is 3.85. The van der Waals surface area contributed by atoms with Crippen LogP contribution in [0.1, 0.15) is 19.3 Å². The molecule has 1 aliphatic rings. The van der Waals surface area contributed by atoms with Crippen LogP contribution < -0.4 is 5.73 Å². The van der Waals surface area contributed by atoms with Crippen molar-refractivity contribution in [3.63, 3.8) is 0 Å². The van der Waals surface area contributed by atoms with E-state index < -0.39 is 18.5 Å². The molecule has 0 unspecified atom stereocenters. The highest BCUT2D eigenvalue weighted by Crippen LogP contribution is 2.23. The van der Waals surface area contributed by atoms with Crippen LogP contribution >= 0.6 is 12.4 Å². The third-order valence-corrected chi connectivity index (χ3v) is 2.65. The van der Waals surface area contributed by atoms with Crippen LogP contribution in [0.25, 0.3) is 0 Å². The fourth-order valence-electron chi connectivity index (χ4n) is 1.70. The standard InChI is InChI=1S/C9H15F3N2O.ClH/c10-9(11,12)5-8(15)14-3-1-7(6-13)2-4-14;/h7H,1-6,13H2;1H. The number of halogens is 4. The van der Waals surface area contributed by atoms with Crippen molar-refractivity contribution in [2.45, 2.75) is 25.4 Å². The summed E-state index contributed by atoms with van der Waals surface area (Å²) in [6.07, 6.45) is -4.33. The topological polar surface area (TPSA) is 46.3 Å². The summed E-state index contributed by atoms with van der Waals surface area (Å²) in [5, 5.41) is 0. The Morgan fingerprint density at radius 1 is 1.31 bits per heavy atom. The van der Waals surface area contributed by atoms with Crippen molar-refractivity contribution >= 4 is 18.3 Å². The Balaban J connectivity index is 0.00000225. The van der Waals surface area contributed by atoms with Crippen LogP contribution in [0, 0.1) is 5.92 Å². The summed E-state index contributed by atoms with van der Waals surface area (Å²) < 4.78 is 35.8. The van der Waals surface area contributed by atoms with Gasteiger partial charge in [-0.15, -0.1) is 12.4 Å². The molecule has 0 aromatic rings. The number of likely N-dealkylation sites (tertiary alicyclic amines) is 1. The Morgan fingerprint density at radius 3 is 2.19 bits per heavy atom. The Morgan fingerprint density at radius 2 is 1.81 bits per heavy atom. The van der Waals surface area contributed by atoms with Crippen molar-refractivity contribution in [3.8, 4) is 0 Å². The first-order valence-electron chi connectivity index (χ1n) is 4.97. The molecular formula is C9H16ClF3N2O. The minimum atomic E-state index is -4.40. The molecule has 0 bridgehead atoms. The van der Waals surface area contributed by atoms with Crippen LogP contribution in [-0.2, 0) is 4.79 Å². The minimum absolute atomic E-state index is 0. The Labute approximate surface area is 98.6 Å². The molecule has 2 N–H and O–H groups in total. The number of rotatable bonds is 2. The molecular weight excluding hydrogens is 245 g/mol. The number of hydrogen-bond acceptors (Lipinski definition) is 2. The quantitative estimate of drug-likeness (QED) is 0.819. The molecule has 96 valence electrons. The third kappa shape index (κ3) is 5.03. The Hall–Kier alpha value is -0.490. The van der Waals surface area contributed by atoms with Gasteiger partial charge in [0.05, 0.1) is 0 Å². The maximum Gasteiger partial charge on any atom is 0.397 e. The maximum absolute atomic E-state index is 11.9. The lowest BCUT2D eigenvalue weighted by molar-refractivity contribution is -0.162. The van der Waals surface area contributed by atoms with Gasteiger partial charge in [0.2, 0.25) is 5.91 Å². The molecule has 1 aliphatic heterocycles. The van der Waals surface area contributed by atoms with Crippen LogP contribution in [0.4, 0.5) is 13.2 Å². The van der Waals surface area contributed by atoms with Crippen LogP contribution in [0.3, 0.4) is 0 Å². The van der Waals surface area contributed by atoms with Crippen LogP contribution in [0.2, 0.25) is 0 Å². The van der Waals surface area contributed by atoms with Crippen LogP contribution in [-0.4, -0.2) is 36.6 Å². The van der Waals surface area contributed by atoms with Crippen molar-refractivity contribution in [1.29, 1.82) is 0 Å². The second kappa shape index (κ2) is 6.30. The van der Waals surface area contributed by atoms with Gasteiger partial charge in [-0.25, -0.2) is 0 Å². The number of carbonyl (C=O) groups is 1. The largest absolute Gasteiger partial charge is 0.397 e. The predicted octanol–water partition coefficient (Wildman–Crippen LogP) is 1.56. The van der Waals surface area contributed by atoms with Gasteiger partial charge >= 0.3 is 6.18 Å². The van der Waals surface area contributed by atoms with Crippen molar-refractivity contribution in [2.24, 2.45) is 11.7 Å². The van der Waals surface area contributed by atoms with E-state index in [0.717, 1.165) is 0 Å². The van der Waals surface area contributed by atoms with E-state index in [2.05, 4.69) is 0 Å². The predicted molar refractivity (Wildman–Crippen MR) is 56.3 cm³/mol. The average Bonchev–Trinajstić information content (AvgIpc) is 2.15. The van der Waals surface area contributed by atoms with Crippen molar-refractivity contribution < 1.29 is 18.0 Å². The number of hydrogen-bond donors (Lipinski definition) is 1. The van der Waals surface area contributed by atoms with Gasteiger partial charge in [-0.2, -0.15) is 13.2 Å². The number of piperidine rings is 1. The molecule has 1 heterocycles. The molecule has 7 heteroatoms. The van der Waals surface area contributed by atoms with Crippen LogP contribution in [0.15, 0.2) is 0 Å². The third-order valence-electron chi connectivity index (χ3n) is 2.65. The number of amides is 1. The smallest absolute Gasteiger partial charge is 0.342 e. The molecule has 3 nitrogen and oxygen atoms in total.